The van der Waals surface area contributed by atoms with Crippen molar-refractivity contribution >= 4 is 39.5 Å². The number of fused-ring (bicyclic) bond motifs is 7. The van der Waals surface area contributed by atoms with Crippen LogP contribution in [0.25, 0.3) is 27.9 Å². The van der Waals surface area contributed by atoms with E-state index in [1.165, 1.54) is 86.2 Å². The number of aryl methyl sites for hydroxylation is 2. The largest absolute Gasteiger partial charge is 0.382 e. The van der Waals surface area contributed by atoms with Crippen molar-refractivity contribution < 1.29 is 0 Å². The highest BCUT2D eigenvalue weighted by atomic mass is 15.2. The first-order chi connectivity index (χ1) is 25.3. The minimum Gasteiger partial charge on any atom is -0.382 e. The third kappa shape index (κ3) is 6.25. The lowest BCUT2D eigenvalue weighted by Gasteiger charge is -2.45. The minimum atomic E-state index is 0.441. The van der Waals surface area contributed by atoms with Gasteiger partial charge in [-0.15, -0.1) is 0 Å². The lowest BCUT2D eigenvalue weighted by molar-refractivity contribution is 0.0871. The maximum atomic E-state index is 5.96. The maximum absolute atomic E-state index is 5.96. The van der Waals surface area contributed by atoms with Crippen LogP contribution < -0.4 is 11.5 Å². The zero-order valence-corrected chi connectivity index (χ0v) is 30.0. The van der Waals surface area contributed by atoms with E-state index >= 15 is 0 Å². The summed E-state index contributed by atoms with van der Waals surface area (Å²) in [5, 5.41) is 0. The normalized spacial score (nSPS) is 21.1. The van der Waals surface area contributed by atoms with E-state index in [0.29, 0.717) is 40.2 Å². The van der Waals surface area contributed by atoms with Crippen LogP contribution in [0.15, 0.2) is 67.4 Å². The molecule has 4 fully saturated rings. The van der Waals surface area contributed by atoms with Gasteiger partial charge in [-0.1, -0.05) is 48.5 Å². The van der Waals surface area contributed by atoms with Crippen LogP contribution in [0.2, 0.25) is 0 Å². The monoisotopic (exact) mass is 694 g/mol. The number of nitrogens with two attached hydrogens (primary N) is 2. The van der Waals surface area contributed by atoms with Gasteiger partial charge < -0.3 is 30.4 Å². The highest BCUT2D eigenvalue weighted by Crippen LogP contribution is 2.39. The number of hydrogen-bond donors (Lipinski definition) is 2. The van der Waals surface area contributed by atoms with E-state index < -0.39 is 0 Å². The highest BCUT2D eigenvalue weighted by molar-refractivity contribution is 5.82. The summed E-state index contributed by atoms with van der Waals surface area (Å²) >= 11 is 0. The van der Waals surface area contributed by atoms with Crippen LogP contribution >= 0.6 is 0 Å². The van der Waals surface area contributed by atoms with Crippen LogP contribution in [0.3, 0.4) is 0 Å². The molecule has 0 saturated carbocycles. The number of hydrogen-bond acceptors (Lipinski definition) is 10. The van der Waals surface area contributed by atoms with E-state index in [2.05, 4.69) is 94.4 Å². The lowest BCUT2D eigenvalue weighted by Crippen LogP contribution is -2.46. The van der Waals surface area contributed by atoms with Crippen molar-refractivity contribution in [1.82, 2.24) is 48.8 Å². The number of imidazole rings is 2. The summed E-state index contributed by atoms with van der Waals surface area (Å²) in [5.41, 5.74) is 21.7. The van der Waals surface area contributed by atoms with Gasteiger partial charge in [0, 0.05) is 25.8 Å². The van der Waals surface area contributed by atoms with Gasteiger partial charge in [-0.3, -0.25) is 0 Å². The number of benzene rings is 2. The number of nitrogen functional groups attached to an aromatic ring is 2. The van der Waals surface area contributed by atoms with E-state index in [4.69, 9.17) is 11.5 Å². The van der Waals surface area contributed by atoms with Crippen LogP contribution in [0, 0.1) is 25.7 Å². The van der Waals surface area contributed by atoms with E-state index in [-0.39, 0.29) is 0 Å². The van der Waals surface area contributed by atoms with E-state index in [0.717, 1.165) is 36.2 Å². The van der Waals surface area contributed by atoms with Crippen molar-refractivity contribution in [1.29, 1.82) is 0 Å². The van der Waals surface area contributed by atoms with Crippen molar-refractivity contribution in [3.63, 3.8) is 0 Å². The standard InChI is InChI=1S/C20H24N6.C20H22N6/c2*1-13-23-19(21)18-20(24-13)26(12-22-18)10-14-2-4-15(5-3-14)17-11-25-8-6-16(17)7-9-25/h2-5,12,16-17H,6-11H2,1H3,(H2,21,23,24);2-5,11-12,16H,6-10H2,1H3,(H2,21,23,24). The first kappa shape index (κ1) is 32.5. The third-order valence-corrected chi connectivity index (χ3v) is 11.6. The van der Waals surface area contributed by atoms with Gasteiger partial charge in [-0.05, 0) is 98.2 Å². The van der Waals surface area contributed by atoms with E-state index in [9.17, 15) is 0 Å². The third-order valence-electron chi connectivity index (χ3n) is 11.6. The fraction of sp³-hybridized carbons (Fsp3) is 0.400. The zero-order chi connectivity index (χ0) is 35.3. The van der Waals surface area contributed by atoms with Gasteiger partial charge in [-0.2, -0.15) is 0 Å². The van der Waals surface area contributed by atoms with Gasteiger partial charge in [0.1, 0.15) is 22.7 Å². The molecule has 6 aliphatic heterocycles. The fourth-order valence-corrected chi connectivity index (χ4v) is 8.75. The van der Waals surface area contributed by atoms with Crippen LogP contribution in [0.4, 0.5) is 11.6 Å². The Labute approximate surface area is 303 Å². The van der Waals surface area contributed by atoms with Crippen molar-refractivity contribution in [2.75, 3.05) is 44.2 Å². The molecular formula is C40H46N12. The summed E-state index contributed by atoms with van der Waals surface area (Å²) in [7, 11) is 0. The average molecular weight is 695 g/mol. The molecule has 12 nitrogen and oxygen atoms in total. The Morgan fingerprint density at radius 2 is 1.19 bits per heavy atom. The summed E-state index contributed by atoms with van der Waals surface area (Å²) in [4.78, 5) is 31.2. The number of nitrogens with zero attached hydrogens (tertiary/aromatic N) is 10. The average Bonchev–Trinajstić information content (AvgIpc) is 3.77. The van der Waals surface area contributed by atoms with Crippen molar-refractivity contribution in [2.24, 2.45) is 11.8 Å². The summed E-state index contributed by atoms with van der Waals surface area (Å²) in [5.74, 6) is 4.53. The molecule has 4 aromatic heterocycles. The molecule has 1 unspecified atom stereocenters. The molecule has 6 aliphatic rings. The SMILES string of the molecule is Cc1nc(N)c2ncn(Cc3ccc(C4=CN5CCC4CC5)cc3)c2n1.Cc1nc(N)c2ncn(Cc3ccc(C4CN5CCC4CC5)cc3)c2n1. The molecule has 266 valence electrons. The number of anilines is 2. The molecular weight excluding hydrogens is 649 g/mol. The molecule has 4 N–H and O–H groups in total. The van der Waals surface area contributed by atoms with Crippen LogP contribution in [0.1, 0.15) is 65.5 Å². The molecule has 0 aliphatic carbocycles. The Balaban J connectivity index is 0.000000138. The van der Waals surface area contributed by atoms with Gasteiger partial charge in [0.2, 0.25) is 0 Å². The Hall–Kier alpha value is -5.36. The molecule has 12 rings (SSSR count). The molecule has 2 aromatic carbocycles. The van der Waals surface area contributed by atoms with Crippen molar-refractivity contribution in [3.05, 3.63) is 101 Å². The van der Waals surface area contributed by atoms with Crippen LogP contribution in [-0.4, -0.2) is 81.6 Å². The van der Waals surface area contributed by atoms with Gasteiger partial charge in [0.15, 0.2) is 22.9 Å². The Kier molecular flexibility index (Phi) is 8.33. The molecule has 52 heavy (non-hydrogen) atoms. The molecule has 6 aromatic rings. The highest BCUT2D eigenvalue weighted by Gasteiger charge is 2.34. The van der Waals surface area contributed by atoms with Gasteiger partial charge >= 0.3 is 0 Å². The number of piperidine rings is 4. The Morgan fingerprint density at radius 3 is 1.67 bits per heavy atom. The quantitative estimate of drug-likeness (QED) is 0.232. The molecule has 4 bridgehead atoms. The zero-order valence-electron chi connectivity index (χ0n) is 30.0. The Morgan fingerprint density at radius 1 is 0.654 bits per heavy atom. The maximum Gasteiger partial charge on any atom is 0.166 e. The second-order valence-corrected chi connectivity index (χ2v) is 15.0. The predicted octanol–water partition coefficient (Wildman–Crippen LogP) is 5.41. The molecule has 0 spiro atoms. The number of aromatic nitrogens is 8. The summed E-state index contributed by atoms with van der Waals surface area (Å²) in [6.45, 7) is 11.4. The Bertz CT molecular complexity index is 2250. The number of allylic oxidation sites excluding steroid dienone is 1. The molecule has 10 heterocycles. The van der Waals surface area contributed by atoms with Gasteiger partial charge in [-0.25, -0.2) is 29.9 Å². The lowest BCUT2D eigenvalue weighted by atomic mass is 9.75. The van der Waals surface area contributed by atoms with Crippen LogP contribution in [0.5, 0.6) is 0 Å². The van der Waals surface area contributed by atoms with Crippen molar-refractivity contribution in [3.8, 4) is 0 Å². The van der Waals surface area contributed by atoms with Crippen molar-refractivity contribution in [2.45, 2.75) is 58.5 Å². The van der Waals surface area contributed by atoms with Gasteiger partial charge in [0.25, 0.3) is 0 Å². The second kappa shape index (κ2) is 13.3. The van der Waals surface area contributed by atoms with Crippen LogP contribution in [-0.2, 0) is 13.1 Å². The second-order valence-electron chi connectivity index (χ2n) is 15.0. The molecule has 0 radical (unpaired) electrons. The molecule has 1 atom stereocenters. The predicted molar refractivity (Wildman–Crippen MR) is 204 cm³/mol. The summed E-state index contributed by atoms with van der Waals surface area (Å²) in [6.07, 6.45) is 11.2. The molecule has 0 amide bonds. The molecule has 4 saturated heterocycles. The fourth-order valence-electron chi connectivity index (χ4n) is 8.75. The number of rotatable bonds is 6. The summed E-state index contributed by atoms with van der Waals surface area (Å²) in [6, 6.07) is 18.0. The molecule has 12 heteroatoms. The van der Waals surface area contributed by atoms with E-state index in [1.807, 2.05) is 23.0 Å². The smallest absolute Gasteiger partial charge is 0.166 e. The first-order valence-corrected chi connectivity index (χ1v) is 18.6. The first-order valence-electron chi connectivity index (χ1n) is 18.6. The minimum absolute atomic E-state index is 0.441. The topological polar surface area (TPSA) is 146 Å². The summed E-state index contributed by atoms with van der Waals surface area (Å²) < 4.78 is 4.08. The van der Waals surface area contributed by atoms with E-state index in [1.54, 1.807) is 12.7 Å². The van der Waals surface area contributed by atoms with Gasteiger partial charge in [0.05, 0.1) is 25.7 Å².